The molecule has 0 bridgehead atoms. The average Bonchev–Trinajstić information content (AvgIpc) is 2.67. The third-order valence-corrected chi connectivity index (χ3v) is 4.92. The number of nitrogens with one attached hydrogen (secondary N) is 2. The van der Waals surface area contributed by atoms with E-state index in [0.29, 0.717) is 17.4 Å². The van der Waals surface area contributed by atoms with Crippen LogP contribution in [0.1, 0.15) is 56.7 Å². The quantitative estimate of drug-likeness (QED) is 0.403. The molecule has 0 unspecified atom stereocenters. The van der Waals surface area contributed by atoms with Crippen molar-refractivity contribution >= 4 is 35.5 Å². The summed E-state index contributed by atoms with van der Waals surface area (Å²) in [4.78, 5) is 12.5. The van der Waals surface area contributed by atoms with Crippen molar-refractivity contribution in [2.75, 3.05) is 5.32 Å². The number of anilines is 1. The number of aryl methyl sites for hydroxylation is 1. The van der Waals surface area contributed by atoms with Crippen LogP contribution in [0.25, 0.3) is 6.08 Å². The van der Waals surface area contributed by atoms with E-state index in [1.54, 1.807) is 6.21 Å². The number of halogens is 1. The van der Waals surface area contributed by atoms with Crippen molar-refractivity contribution < 1.29 is 4.79 Å². The Morgan fingerprint density at radius 2 is 1.86 bits per heavy atom. The molecule has 2 N–H and O–H groups in total. The molecule has 0 aliphatic rings. The monoisotopic (exact) mass is 411 g/mol. The maximum absolute atomic E-state index is 12.5. The third kappa shape index (κ3) is 7.06. The van der Waals surface area contributed by atoms with Gasteiger partial charge in [-0.1, -0.05) is 62.7 Å². The molecule has 2 aromatic carbocycles. The topological polar surface area (TPSA) is 53.5 Å². The minimum absolute atomic E-state index is 0.174. The van der Waals surface area contributed by atoms with E-state index in [1.807, 2.05) is 45.0 Å². The second kappa shape index (κ2) is 10.8. The van der Waals surface area contributed by atoms with E-state index in [-0.39, 0.29) is 11.9 Å². The number of allylic oxidation sites excluding steroid dienone is 1. The Morgan fingerprint density at radius 3 is 2.45 bits per heavy atom. The van der Waals surface area contributed by atoms with Gasteiger partial charge in [0.2, 0.25) is 0 Å². The summed E-state index contributed by atoms with van der Waals surface area (Å²) >= 11 is 6.00. The number of rotatable bonds is 8. The number of carbonyl (C=O) groups excluding carboxylic acids is 1. The lowest BCUT2D eigenvalue weighted by molar-refractivity contribution is -0.121. The number of hydrogen-bond acceptors (Lipinski definition) is 3. The predicted molar refractivity (Wildman–Crippen MR) is 125 cm³/mol. The maximum atomic E-state index is 12.5. The first-order valence-electron chi connectivity index (χ1n) is 9.94. The average molecular weight is 412 g/mol. The zero-order valence-electron chi connectivity index (χ0n) is 17.8. The van der Waals surface area contributed by atoms with E-state index < -0.39 is 0 Å². The predicted octanol–water partition coefficient (Wildman–Crippen LogP) is 6.17. The van der Waals surface area contributed by atoms with Crippen LogP contribution in [0, 0.1) is 6.92 Å². The van der Waals surface area contributed by atoms with Gasteiger partial charge in [-0.2, -0.15) is 5.10 Å². The van der Waals surface area contributed by atoms with Crippen LogP contribution in [0.4, 0.5) is 5.69 Å². The Hall–Kier alpha value is -2.59. The van der Waals surface area contributed by atoms with Crippen LogP contribution >= 0.6 is 11.6 Å². The van der Waals surface area contributed by atoms with Gasteiger partial charge in [0.25, 0.3) is 5.91 Å². The first-order chi connectivity index (χ1) is 13.8. The summed E-state index contributed by atoms with van der Waals surface area (Å²) in [6.45, 7) is 10.2. The van der Waals surface area contributed by atoms with E-state index in [1.165, 1.54) is 5.56 Å². The normalized spacial score (nSPS) is 13.0. The van der Waals surface area contributed by atoms with Gasteiger partial charge < -0.3 is 5.32 Å². The first-order valence-corrected chi connectivity index (χ1v) is 10.3. The lowest BCUT2D eigenvalue weighted by Crippen LogP contribution is -2.37. The van der Waals surface area contributed by atoms with Crippen molar-refractivity contribution in [3.05, 3.63) is 69.8 Å². The van der Waals surface area contributed by atoms with E-state index in [2.05, 4.69) is 54.0 Å². The van der Waals surface area contributed by atoms with E-state index >= 15 is 0 Å². The Labute approximate surface area is 179 Å². The van der Waals surface area contributed by atoms with Crippen molar-refractivity contribution in [1.29, 1.82) is 0 Å². The maximum Gasteiger partial charge on any atom is 0.262 e. The molecular weight excluding hydrogens is 382 g/mol. The van der Waals surface area contributed by atoms with E-state index in [9.17, 15) is 4.79 Å². The molecule has 1 amide bonds. The van der Waals surface area contributed by atoms with Crippen LogP contribution in [-0.4, -0.2) is 18.2 Å². The van der Waals surface area contributed by atoms with Crippen molar-refractivity contribution in [2.45, 2.75) is 53.0 Å². The zero-order chi connectivity index (χ0) is 21.4. The number of carbonyl (C=O) groups is 1. The van der Waals surface area contributed by atoms with Crippen LogP contribution < -0.4 is 10.7 Å². The highest BCUT2D eigenvalue weighted by molar-refractivity contribution is 6.30. The number of hydrogen-bond donors (Lipinski definition) is 2. The molecule has 0 radical (unpaired) electrons. The molecule has 0 spiro atoms. The molecule has 4 nitrogen and oxygen atoms in total. The fourth-order valence-corrected chi connectivity index (χ4v) is 3.11. The van der Waals surface area contributed by atoms with Gasteiger partial charge in [0.05, 0.1) is 6.21 Å². The summed E-state index contributed by atoms with van der Waals surface area (Å²) in [7, 11) is 0. The van der Waals surface area contributed by atoms with Gasteiger partial charge in [0, 0.05) is 10.7 Å². The van der Waals surface area contributed by atoms with E-state index in [4.69, 9.17) is 11.6 Å². The van der Waals surface area contributed by atoms with Gasteiger partial charge in [-0.25, -0.2) is 5.43 Å². The molecule has 0 aliphatic carbocycles. The molecule has 1 atom stereocenters. The molecule has 0 saturated carbocycles. The third-order valence-electron chi connectivity index (χ3n) is 4.68. The Kier molecular flexibility index (Phi) is 8.47. The van der Waals surface area contributed by atoms with Crippen molar-refractivity contribution in [2.24, 2.45) is 5.10 Å². The van der Waals surface area contributed by atoms with Crippen molar-refractivity contribution in [1.82, 2.24) is 5.43 Å². The zero-order valence-corrected chi connectivity index (χ0v) is 18.5. The molecule has 0 fully saturated rings. The molecule has 154 valence electrons. The highest BCUT2D eigenvalue weighted by Crippen LogP contribution is 2.21. The standard InChI is InChI=1S/C24H30ClN3O/c1-6-22(27-23-12-11-21(25)14-18(23)5)24(29)28-26-15-17(4)13-19-7-9-20(10-8-19)16(2)3/h7-16,22,27H,6H2,1-5H3,(H,28,29)/b17-13-,26-15-/t22-/m1/s1. The van der Waals surface area contributed by atoms with Crippen molar-refractivity contribution in [3.8, 4) is 0 Å². The van der Waals surface area contributed by atoms with Gasteiger partial charge in [-0.3, -0.25) is 4.79 Å². The second-order valence-electron chi connectivity index (χ2n) is 7.51. The van der Waals surface area contributed by atoms with Crippen LogP contribution in [0.2, 0.25) is 5.02 Å². The van der Waals surface area contributed by atoms with Crippen LogP contribution in [0.3, 0.4) is 0 Å². The smallest absolute Gasteiger partial charge is 0.262 e. The first kappa shape index (κ1) is 22.7. The summed E-state index contributed by atoms with van der Waals surface area (Å²) in [6, 6.07) is 13.6. The highest BCUT2D eigenvalue weighted by atomic mass is 35.5. The summed E-state index contributed by atoms with van der Waals surface area (Å²) in [5.41, 5.74) is 7.89. The molecular formula is C24H30ClN3O. The highest BCUT2D eigenvalue weighted by Gasteiger charge is 2.16. The fourth-order valence-electron chi connectivity index (χ4n) is 2.88. The molecule has 5 heteroatoms. The summed E-state index contributed by atoms with van der Waals surface area (Å²) < 4.78 is 0. The second-order valence-corrected chi connectivity index (χ2v) is 7.94. The lowest BCUT2D eigenvalue weighted by Gasteiger charge is -2.18. The van der Waals surface area contributed by atoms with Crippen LogP contribution in [-0.2, 0) is 4.79 Å². The summed E-state index contributed by atoms with van der Waals surface area (Å²) in [5, 5.41) is 8.04. The van der Waals surface area contributed by atoms with Gasteiger partial charge in [0.15, 0.2) is 0 Å². The van der Waals surface area contributed by atoms with Crippen LogP contribution in [0.15, 0.2) is 53.1 Å². The Morgan fingerprint density at radius 1 is 1.17 bits per heavy atom. The molecule has 0 aliphatic heterocycles. The molecule has 0 aromatic heterocycles. The largest absolute Gasteiger partial charge is 0.373 e. The molecule has 0 saturated heterocycles. The number of amides is 1. The minimum atomic E-state index is -0.375. The van der Waals surface area contributed by atoms with Crippen LogP contribution in [0.5, 0.6) is 0 Å². The molecule has 29 heavy (non-hydrogen) atoms. The van der Waals surface area contributed by atoms with E-state index in [0.717, 1.165) is 22.4 Å². The fraction of sp³-hybridized carbons (Fsp3) is 0.333. The SMILES string of the molecule is CC[C@@H](Nc1ccc(Cl)cc1C)C(=O)N/N=C\C(C)=C/c1ccc(C(C)C)cc1. The van der Waals surface area contributed by atoms with Gasteiger partial charge in [0.1, 0.15) is 6.04 Å². The van der Waals surface area contributed by atoms with Gasteiger partial charge in [-0.05, 0) is 66.6 Å². The Bertz CT molecular complexity index is 885. The van der Waals surface area contributed by atoms with Gasteiger partial charge >= 0.3 is 0 Å². The van der Waals surface area contributed by atoms with Crippen molar-refractivity contribution in [3.63, 3.8) is 0 Å². The minimum Gasteiger partial charge on any atom is -0.373 e. The number of benzene rings is 2. The number of nitrogens with zero attached hydrogens (tertiary/aromatic N) is 1. The molecule has 2 rings (SSSR count). The number of hydrazone groups is 1. The van der Waals surface area contributed by atoms with Gasteiger partial charge in [-0.15, -0.1) is 0 Å². The summed E-state index contributed by atoms with van der Waals surface area (Å²) in [6.07, 6.45) is 4.33. The molecule has 2 aromatic rings. The Balaban J connectivity index is 1.95. The molecule has 0 heterocycles. The lowest BCUT2D eigenvalue weighted by atomic mass is 10.0. The summed E-state index contributed by atoms with van der Waals surface area (Å²) in [5.74, 6) is 0.342.